The Labute approximate surface area is 82.5 Å². The Balaban J connectivity index is 2.25. The minimum Gasteiger partial charge on any atom is -0.490 e. The molecule has 0 radical (unpaired) electrons. The van der Waals surface area contributed by atoms with Crippen molar-refractivity contribution in [3.8, 4) is 11.5 Å². The fraction of sp³-hybridized carbons (Fsp3) is 0.182. The molecule has 14 heavy (non-hydrogen) atoms. The lowest BCUT2D eigenvalue weighted by molar-refractivity contribution is 0.361. The second-order valence-corrected chi connectivity index (χ2v) is 3.02. The first-order valence-electron chi connectivity index (χ1n) is 4.39. The van der Waals surface area contributed by atoms with E-state index in [1.165, 1.54) is 0 Å². The smallest absolute Gasteiger partial charge is 0.130 e. The molecule has 0 saturated heterocycles. The van der Waals surface area contributed by atoms with E-state index in [0.717, 1.165) is 17.1 Å². The van der Waals surface area contributed by atoms with Crippen molar-refractivity contribution in [3.63, 3.8) is 0 Å². The van der Waals surface area contributed by atoms with E-state index in [9.17, 15) is 0 Å². The van der Waals surface area contributed by atoms with Gasteiger partial charge in [0.1, 0.15) is 24.7 Å². The minimum absolute atomic E-state index is 0.361. The second kappa shape index (κ2) is 3.54. The zero-order chi connectivity index (χ0) is 9.97. The molecular formula is C11H11NO2. The van der Waals surface area contributed by atoms with Crippen LogP contribution < -0.4 is 9.47 Å². The molecule has 0 spiro atoms. The summed E-state index contributed by atoms with van der Waals surface area (Å²) in [5.74, 6) is 1.51. The van der Waals surface area contributed by atoms with E-state index in [-0.39, 0.29) is 0 Å². The molecule has 0 fully saturated rings. The highest BCUT2D eigenvalue weighted by Crippen LogP contribution is 2.28. The Hall–Kier alpha value is -1.77. The highest BCUT2D eigenvalue weighted by molar-refractivity contribution is 6.04. The maximum Gasteiger partial charge on any atom is 0.130 e. The van der Waals surface area contributed by atoms with Crippen LogP contribution in [0.5, 0.6) is 11.5 Å². The second-order valence-electron chi connectivity index (χ2n) is 3.02. The topological polar surface area (TPSA) is 42.3 Å². The first-order chi connectivity index (χ1) is 6.81. The number of ether oxygens (including phenoxy) is 2. The van der Waals surface area contributed by atoms with E-state index in [1.807, 2.05) is 18.2 Å². The highest BCUT2D eigenvalue weighted by atomic mass is 16.5. The van der Waals surface area contributed by atoms with Crippen molar-refractivity contribution < 1.29 is 9.47 Å². The predicted octanol–water partition coefficient (Wildman–Crippen LogP) is 2.01. The fourth-order valence-corrected chi connectivity index (χ4v) is 1.34. The van der Waals surface area contributed by atoms with E-state index in [4.69, 9.17) is 14.9 Å². The number of benzene rings is 1. The van der Waals surface area contributed by atoms with Crippen LogP contribution in [0.4, 0.5) is 0 Å². The number of rotatable bonds is 3. The standard InChI is InChI=1S/C11H11NO2/c1-2-5-13-8-3-4-11-9(6-8)10(12)7-14-11/h2-4,6,12H,1,5,7H2. The van der Waals surface area contributed by atoms with Crippen LogP contribution in [0.2, 0.25) is 0 Å². The third kappa shape index (κ3) is 1.48. The first-order valence-corrected chi connectivity index (χ1v) is 4.39. The molecule has 0 saturated carbocycles. The molecule has 1 aliphatic heterocycles. The van der Waals surface area contributed by atoms with Gasteiger partial charge in [0, 0.05) is 5.56 Å². The average Bonchev–Trinajstić information content (AvgIpc) is 2.57. The van der Waals surface area contributed by atoms with E-state index in [1.54, 1.807) is 6.08 Å². The summed E-state index contributed by atoms with van der Waals surface area (Å²) in [7, 11) is 0. The Kier molecular flexibility index (Phi) is 2.23. The van der Waals surface area contributed by atoms with Gasteiger partial charge in [-0.1, -0.05) is 12.7 Å². The molecule has 1 aromatic rings. The van der Waals surface area contributed by atoms with Gasteiger partial charge >= 0.3 is 0 Å². The zero-order valence-corrected chi connectivity index (χ0v) is 7.75. The van der Waals surface area contributed by atoms with Gasteiger partial charge in [0.15, 0.2) is 0 Å². The summed E-state index contributed by atoms with van der Waals surface area (Å²) < 4.78 is 10.6. The summed E-state index contributed by atoms with van der Waals surface area (Å²) in [6.45, 7) is 4.41. The van der Waals surface area contributed by atoms with Crippen molar-refractivity contribution in [2.24, 2.45) is 0 Å². The summed E-state index contributed by atoms with van der Waals surface area (Å²) >= 11 is 0. The Morgan fingerprint density at radius 1 is 1.57 bits per heavy atom. The van der Waals surface area contributed by atoms with E-state index in [2.05, 4.69) is 6.58 Å². The lowest BCUT2D eigenvalue weighted by Crippen LogP contribution is -1.99. The van der Waals surface area contributed by atoms with Crippen molar-refractivity contribution in [2.75, 3.05) is 13.2 Å². The molecule has 0 atom stereocenters. The van der Waals surface area contributed by atoms with Crippen molar-refractivity contribution >= 4 is 5.71 Å². The van der Waals surface area contributed by atoms with Gasteiger partial charge < -0.3 is 14.9 Å². The third-order valence-electron chi connectivity index (χ3n) is 2.02. The average molecular weight is 189 g/mol. The Morgan fingerprint density at radius 2 is 2.43 bits per heavy atom. The van der Waals surface area contributed by atoms with Crippen molar-refractivity contribution in [3.05, 3.63) is 36.4 Å². The van der Waals surface area contributed by atoms with Crippen LogP contribution in [-0.2, 0) is 0 Å². The number of hydrogen-bond donors (Lipinski definition) is 1. The monoisotopic (exact) mass is 189 g/mol. The van der Waals surface area contributed by atoms with Crippen LogP contribution in [0, 0.1) is 5.41 Å². The summed E-state index contributed by atoms with van der Waals surface area (Å²) in [5, 5.41) is 7.60. The number of nitrogens with one attached hydrogen (secondary N) is 1. The van der Waals surface area contributed by atoms with Crippen molar-refractivity contribution in [2.45, 2.75) is 0 Å². The Bertz CT molecular complexity index is 385. The third-order valence-corrected chi connectivity index (χ3v) is 2.02. The SMILES string of the molecule is C=CCOc1ccc2c(c1)C(=N)CO2. The van der Waals surface area contributed by atoms with Crippen LogP contribution in [0.3, 0.4) is 0 Å². The molecule has 0 amide bonds. The quantitative estimate of drug-likeness (QED) is 0.739. The lowest BCUT2D eigenvalue weighted by atomic mass is 10.1. The summed E-state index contributed by atoms with van der Waals surface area (Å²) in [5.41, 5.74) is 1.33. The Morgan fingerprint density at radius 3 is 3.21 bits per heavy atom. The first kappa shape index (κ1) is 8.81. The van der Waals surface area contributed by atoms with Crippen LogP contribution in [0.1, 0.15) is 5.56 Å². The molecular weight excluding hydrogens is 178 g/mol. The molecule has 0 aliphatic carbocycles. The van der Waals surface area contributed by atoms with Gasteiger partial charge in [0.05, 0.1) is 5.71 Å². The highest BCUT2D eigenvalue weighted by Gasteiger charge is 2.17. The molecule has 3 nitrogen and oxygen atoms in total. The molecule has 72 valence electrons. The largest absolute Gasteiger partial charge is 0.490 e. The fourth-order valence-electron chi connectivity index (χ4n) is 1.34. The molecule has 1 N–H and O–H groups in total. The van der Waals surface area contributed by atoms with Gasteiger partial charge in [-0.15, -0.1) is 0 Å². The normalized spacial score (nSPS) is 13.3. The molecule has 0 aromatic heterocycles. The van der Waals surface area contributed by atoms with Crippen molar-refractivity contribution in [1.29, 1.82) is 5.41 Å². The van der Waals surface area contributed by atoms with Crippen molar-refractivity contribution in [1.82, 2.24) is 0 Å². The summed E-state index contributed by atoms with van der Waals surface area (Å²) in [4.78, 5) is 0. The molecule has 1 heterocycles. The van der Waals surface area contributed by atoms with Crippen LogP contribution in [0.25, 0.3) is 0 Å². The van der Waals surface area contributed by atoms with Gasteiger partial charge in [-0.05, 0) is 18.2 Å². The molecule has 0 unspecified atom stereocenters. The van der Waals surface area contributed by atoms with Crippen LogP contribution >= 0.6 is 0 Å². The van der Waals surface area contributed by atoms with Gasteiger partial charge in [-0.2, -0.15) is 0 Å². The van der Waals surface area contributed by atoms with Gasteiger partial charge in [0.2, 0.25) is 0 Å². The number of hydrogen-bond acceptors (Lipinski definition) is 3. The van der Waals surface area contributed by atoms with Crippen LogP contribution in [0.15, 0.2) is 30.9 Å². The maximum absolute atomic E-state index is 7.60. The molecule has 2 rings (SSSR count). The van der Waals surface area contributed by atoms with Gasteiger partial charge in [0.25, 0.3) is 0 Å². The zero-order valence-electron chi connectivity index (χ0n) is 7.75. The van der Waals surface area contributed by atoms with Gasteiger partial charge in [-0.25, -0.2) is 0 Å². The number of fused-ring (bicyclic) bond motifs is 1. The van der Waals surface area contributed by atoms with Crippen LogP contribution in [-0.4, -0.2) is 18.9 Å². The molecule has 0 bridgehead atoms. The summed E-state index contributed by atoms with van der Waals surface area (Å²) in [6, 6.07) is 5.49. The van der Waals surface area contributed by atoms with Gasteiger partial charge in [-0.3, -0.25) is 0 Å². The minimum atomic E-state index is 0.361. The lowest BCUT2D eigenvalue weighted by Gasteiger charge is -2.04. The maximum atomic E-state index is 7.60. The molecule has 1 aliphatic rings. The summed E-state index contributed by atoms with van der Waals surface area (Å²) in [6.07, 6.45) is 1.69. The predicted molar refractivity (Wildman–Crippen MR) is 54.5 cm³/mol. The van der Waals surface area contributed by atoms with E-state index in [0.29, 0.717) is 18.9 Å². The molecule has 1 aromatic carbocycles. The molecule has 3 heteroatoms. The van der Waals surface area contributed by atoms with E-state index >= 15 is 0 Å². The van der Waals surface area contributed by atoms with E-state index < -0.39 is 0 Å².